The molecule has 0 bridgehead atoms. The van der Waals surface area contributed by atoms with Gasteiger partial charge in [-0.25, -0.2) is 24.3 Å². The van der Waals surface area contributed by atoms with E-state index in [2.05, 4.69) is 19.9 Å². The zero-order valence-corrected chi connectivity index (χ0v) is 16.1. The maximum atomic E-state index is 14.5. The van der Waals surface area contributed by atoms with Gasteiger partial charge < -0.3 is 4.98 Å². The highest BCUT2D eigenvalue weighted by molar-refractivity contribution is 5.78. The van der Waals surface area contributed by atoms with Crippen LogP contribution in [0.4, 0.5) is 4.39 Å². The average Bonchev–Trinajstić information content (AvgIpc) is 3.24. The Labute approximate surface area is 170 Å². The van der Waals surface area contributed by atoms with E-state index >= 15 is 0 Å². The number of imidazole rings is 1. The molecule has 7 nitrogen and oxygen atoms in total. The molecular formula is C22H17FN6O. The number of aromatic amines is 1. The van der Waals surface area contributed by atoms with Crippen LogP contribution in [0.25, 0.3) is 27.8 Å². The summed E-state index contributed by atoms with van der Waals surface area (Å²) < 4.78 is 16.0. The molecule has 0 radical (unpaired) electrons. The Hall–Kier alpha value is -3.94. The number of para-hydroxylation sites is 1. The number of nitrogens with one attached hydrogen (secondary N) is 1. The van der Waals surface area contributed by atoms with Crippen molar-refractivity contribution < 1.29 is 4.39 Å². The van der Waals surface area contributed by atoms with Gasteiger partial charge in [-0.3, -0.25) is 9.36 Å². The molecule has 2 aromatic carbocycles. The monoisotopic (exact) mass is 400 g/mol. The van der Waals surface area contributed by atoms with Crippen LogP contribution >= 0.6 is 0 Å². The summed E-state index contributed by atoms with van der Waals surface area (Å²) in [4.78, 5) is 33.8. The minimum atomic E-state index is -0.580. The summed E-state index contributed by atoms with van der Waals surface area (Å²) in [6, 6.07) is 13.6. The van der Waals surface area contributed by atoms with Crippen molar-refractivity contribution in [2.75, 3.05) is 0 Å². The molecule has 5 aromatic rings. The minimum Gasteiger partial charge on any atom is -0.342 e. The van der Waals surface area contributed by atoms with E-state index in [0.717, 1.165) is 11.2 Å². The number of H-pyrrole nitrogens is 1. The van der Waals surface area contributed by atoms with Gasteiger partial charge >= 0.3 is 0 Å². The molecule has 0 saturated carbocycles. The fraction of sp³-hybridized carbons (Fsp3) is 0.136. The van der Waals surface area contributed by atoms with Crippen molar-refractivity contribution in [1.29, 1.82) is 0 Å². The van der Waals surface area contributed by atoms with Crippen LogP contribution in [0.3, 0.4) is 0 Å². The fourth-order valence-corrected chi connectivity index (χ4v) is 3.72. The molecule has 0 aliphatic heterocycles. The van der Waals surface area contributed by atoms with E-state index in [1.54, 1.807) is 18.5 Å². The van der Waals surface area contributed by atoms with E-state index < -0.39 is 11.4 Å². The lowest BCUT2D eigenvalue weighted by Gasteiger charge is -2.18. The van der Waals surface area contributed by atoms with Gasteiger partial charge in [0.1, 0.15) is 28.9 Å². The Morgan fingerprint density at radius 3 is 2.73 bits per heavy atom. The SMILES string of the molecule is C[C@H](Cc1ncnc2nc[nH]c12)c1nc2cccc(F)c2c(=O)n1-c1ccccc1. The second-order valence-electron chi connectivity index (χ2n) is 7.11. The molecule has 3 heterocycles. The number of rotatable bonds is 4. The van der Waals surface area contributed by atoms with E-state index in [0.29, 0.717) is 29.1 Å². The Balaban J connectivity index is 1.71. The van der Waals surface area contributed by atoms with E-state index in [9.17, 15) is 9.18 Å². The first-order valence-corrected chi connectivity index (χ1v) is 9.53. The van der Waals surface area contributed by atoms with E-state index in [1.807, 2.05) is 37.3 Å². The third-order valence-electron chi connectivity index (χ3n) is 5.13. The van der Waals surface area contributed by atoms with Crippen molar-refractivity contribution in [2.45, 2.75) is 19.3 Å². The van der Waals surface area contributed by atoms with Crippen LogP contribution in [-0.2, 0) is 6.42 Å². The Bertz CT molecular complexity index is 1430. The maximum Gasteiger partial charge on any atom is 0.268 e. The quantitative estimate of drug-likeness (QED) is 0.498. The molecule has 0 aliphatic carbocycles. The van der Waals surface area contributed by atoms with Crippen LogP contribution in [0.15, 0.2) is 66.0 Å². The van der Waals surface area contributed by atoms with E-state index in [1.165, 1.54) is 17.0 Å². The molecule has 0 saturated heterocycles. The summed E-state index contributed by atoms with van der Waals surface area (Å²) in [6.45, 7) is 1.97. The first-order valence-electron chi connectivity index (χ1n) is 9.53. The standard InChI is InChI=1S/C22H17FN6O/c1-13(10-17-19-20(26-11-24-17)27-12-25-19)21-28-16-9-5-8-15(23)18(16)22(30)29(21)14-6-3-2-4-7-14/h2-9,11-13H,10H2,1H3,(H,24,25,26,27)/t13-/m1/s1. The molecule has 0 unspecified atom stereocenters. The zero-order chi connectivity index (χ0) is 20.7. The van der Waals surface area contributed by atoms with Gasteiger partial charge in [0.15, 0.2) is 5.65 Å². The smallest absolute Gasteiger partial charge is 0.268 e. The number of nitrogens with zero attached hydrogens (tertiary/aromatic N) is 5. The fourth-order valence-electron chi connectivity index (χ4n) is 3.72. The summed E-state index contributed by atoms with van der Waals surface area (Å²) in [5.74, 6) is -0.230. The van der Waals surface area contributed by atoms with E-state index in [-0.39, 0.29) is 11.3 Å². The number of fused-ring (bicyclic) bond motifs is 2. The highest BCUT2D eigenvalue weighted by atomic mass is 19.1. The van der Waals surface area contributed by atoms with Crippen LogP contribution < -0.4 is 5.56 Å². The second kappa shape index (κ2) is 7.14. The molecule has 0 amide bonds. The first-order chi connectivity index (χ1) is 14.6. The zero-order valence-electron chi connectivity index (χ0n) is 16.1. The summed E-state index contributed by atoms with van der Waals surface area (Å²) in [5.41, 5.74) is 2.66. The number of benzene rings is 2. The van der Waals surface area contributed by atoms with Gasteiger partial charge in [-0.2, -0.15) is 0 Å². The summed E-state index contributed by atoms with van der Waals surface area (Å²) in [7, 11) is 0. The average molecular weight is 400 g/mol. The molecule has 5 rings (SSSR count). The highest BCUT2D eigenvalue weighted by Crippen LogP contribution is 2.24. The first kappa shape index (κ1) is 18.1. The number of hydrogen-bond acceptors (Lipinski definition) is 5. The van der Waals surface area contributed by atoms with Crippen molar-refractivity contribution in [2.24, 2.45) is 0 Å². The molecule has 30 heavy (non-hydrogen) atoms. The predicted octanol–water partition coefficient (Wildman–Crippen LogP) is 3.54. The van der Waals surface area contributed by atoms with Gasteiger partial charge in [0, 0.05) is 12.3 Å². The number of hydrogen-bond donors (Lipinski definition) is 1. The predicted molar refractivity (Wildman–Crippen MR) is 111 cm³/mol. The molecule has 0 fully saturated rings. The molecular weight excluding hydrogens is 383 g/mol. The lowest BCUT2D eigenvalue weighted by Crippen LogP contribution is -2.26. The van der Waals surface area contributed by atoms with Gasteiger partial charge in [0.2, 0.25) is 0 Å². The lowest BCUT2D eigenvalue weighted by molar-refractivity contribution is 0.629. The molecule has 0 spiro atoms. The largest absolute Gasteiger partial charge is 0.342 e. The molecule has 1 N–H and O–H groups in total. The lowest BCUT2D eigenvalue weighted by atomic mass is 10.0. The Kier molecular flexibility index (Phi) is 4.31. The van der Waals surface area contributed by atoms with Crippen LogP contribution in [0.1, 0.15) is 24.4 Å². The van der Waals surface area contributed by atoms with Gasteiger partial charge in [0.05, 0.1) is 23.2 Å². The summed E-state index contributed by atoms with van der Waals surface area (Å²) in [5, 5.41) is -0.0182. The molecule has 3 aromatic heterocycles. The highest BCUT2D eigenvalue weighted by Gasteiger charge is 2.21. The van der Waals surface area contributed by atoms with Crippen LogP contribution in [0, 0.1) is 5.82 Å². The van der Waals surface area contributed by atoms with Crippen molar-refractivity contribution in [1.82, 2.24) is 29.5 Å². The number of aromatic nitrogens is 6. The number of halogens is 1. The minimum absolute atomic E-state index is 0.0182. The van der Waals surface area contributed by atoms with Crippen LogP contribution in [0.2, 0.25) is 0 Å². The molecule has 1 atom stereocenters. The second-order valence-corrected chi connectivity index (χ2v) is 7.11. The van der Waals surface area contributed by atoms with Crippen LogP contribution in [-0.4, -0.2) is 29.5 Å². The van der Waals surface area contributed by atoms with Gasteiger partial charge in [-0.1, -0.05) is 31.2 Å². The maximum absolute atomic E-state index is 14.5. The van der Waals surface area contributed by atoms with Crippen molar-refractivity contribution >= 4 is 22.1 Å². The molecule has 148 valence electrons. The third kappa shape index (κ3) is 2.93. The Morgan fingerprint density at radius 2 is 1.90 bits per heavy atom. The van der Waals surface area contributed by atoms with Gasteiger partial charge in [0.25, 0.3) is 5.56 Å². The van der Waals surface area contributed by atoms with Crippen molar-refractivity contribution in [3.63, 3.8) is 0 Å². The molecule has 0 aliphatic rings. The van der Waals surface area contributed by atoms with Crippen molar-refractivity contribution in [3.05, 3.63) is 88.9 Å². The third-order valence-corrected chi connectivity index (χ3v) is 5.13. The van der Waals surface area contributed by atoms with Gasteiger partial charge in [-0.05, 0) is 24.3 Å². The summed E-state index contributed by atoms with van der Waals surface area (Å²) in [6.07, 6.45) is 3.55. The normalized spacial score (nSPS) is 12.5. The van der Waals surface area contributed by atoms with Crippen LogP contribution in [0.5, 0.6) is 0 Å². The summed E-state index contributed by atoms with van der Waals surface area (Å²) >= 11 is 0. The van der Waals surface area contributed by atoms with E-state index in [4.69, 9.17) is 4.98 Å². The van der Waals surface area contributed by atoms with Crippen molar-refractivity contribution in [3.8, 4) is 5.69 Å². The topological polar surface area (TPSA) is 89.3 Å². The Morgan fingerprint density at radius 1 is 1.07 bits per heavy atom. The molecule has 8 heteroatoms. The van der Waals surface area contributed by atoms with Gasteiger partial charge in [-0.15, -0.1) is 0 Å².